The molecule has 2 rings (SSSR count). The first-order chi connectivity index (χ1) is 8.49. The molecule has 0 amide bonds. The summed E-state index contributed by atoms with van der Waals surface area (Å²) in [6, 6.07) is 5.04. The maximum atomic E-state index is 12.0. The van der Waals surface area contributed by atoms with Gasteiger partial charge in [-0.25, -0.2) is 4.79 Å². The molecule has 0 radical (unpaired) electrons. The van der Waals surface area contributed by atoms with Crippen LogP contribution < -0.4 is 5.73 Å². The number of cyclic esters (lactones) is 1. The van der Waals surface area contributed by atoms with Gasteiger partial charge in [0.25, 0.3) is 0 Å². The topological polar surface area (TPSA) is 72.5 Å². The standard InChI is InChI=1S/C14H19NO3/c1-3-4-8-14(15)9(2)10-6-5-7-11(16)12(10)13(17)18-14/h5-7,9,16H,3-4,8,15H2,1-2H3. The fourth-order valence-electron chi connectivity index (χ4n) is 2.44. The van der Waals surface area contributed by atoms with Crippen molar-refractivity contribution in [3.63, 3.8) is 0 Å². The molecule has 3 N–H and O–H groups in total. The highest BCUT2D eigenvalue weighted by molar-refractivity contribution is 5.95. The Morgan fingerprint density at radius 2 is 2.22 bits per heavy atom. The van der Waals surface area contributed by atoms with E-state index in [1.54, 1.807) is 6.07 Å². The molecule has 2 unspecified atom stereocenters. The number of benzene rings is 1. The largest absolute Gasteiger partial charge is 0.507 e. The van der Waals surface area contributed by atoms with Gasteiger partial charge in [0.1, 0.15) is 11.3 Å². The van der Waals surface area contributed by atoms with Crippen LogP contribution in [-0.2, 0) is 4.74 Å². The second-order valence-corrected chi connectivity index (χ2v) is 4.91. The molecule has 0 bridgehead atoms. The Morgan fingerprint density at radius 3 is 2.89 bits per heavy atom. The number of fused-ring (bicyclic) bond motifs is 1. The van der Waals surface area contributed by atoms with Crippen molar-refractivity contribution in [1.82, 2.24) is 0 Å². The van der Waals surface area contributed by atoms with Crippen LogP contribution in [0.15, 0.2) is 18.2 Å². The number of rotatable bonds is 3. The summed E-state index contributed by atoms with van der Waals surface area (Å²) >= 11 is 0. The number of unbranched alkanes of at least 4 members (excludes halogenated alkanes) is 1. The molecule has 4 nitrogen and oxygen atoms in total. The van der Waals surface area contributed by atoms with Crippen LogP contribution in [0.3, 0.4) is 0 Å². The summed E-state index contributed by atoms with van der Waals surface area (Å²) in [6.07, 6.45) is 2.53. The van der Waals surface area contributed by atoms with E-state index in [0.717, 1.165) is 18.4 Å². The van der Waals surface area contributed by atoms with E-state index in [4.69, 9.17) is 10.5 Å². The van der Waals surface area contributed by atoms with E-state index in [9.17, 15) is 9.90 Å². The van der Waals surface area contributed by atoms with E-state index in [2.05, 4.69) is 6.92 Å². The lowest BCUT2D eigenvalue weighted by Gasteiger charge is -2.39. The molecule has 2 atom stereocenters. The van der Waals surface area contributed by atoms with Crippen molar-refractivity contribution in [2.75, 3.05) is 0 Å². The van der Waals surface area contributed by atoms with E-state index in [1.807, 2.05) is 13.0 Å². The van der Waals surface area contributed by atoms with Gasteiger partial charge in [0.05, 0.1) is 0 Å². The van der Waals surface area contributed by atoms with Gasteiger partial charge in [-0.05, 0) is 18.1 Å². The van der Waals surface area contributed by atoms with Crippen molar-refractivity contribution in [3.05, 3.63) is 29.3 Å². The third-order valence-electron chi connectivity index (χ3n) is 3.68. The van der Waals surface area contributed by atoms with Gasteiger partial charge in [-0.15, -0.1) is 0 Å². The van der Waals surface area contributed by atoms with Crippen molar-refractivity contribution in [3.8, 4) is 5.75 Å². The van der Waals surface area contributed by atoms with Crippen LogP contribution >= 0.6 is 0 Å². The fourth-order valence-corrected chi connectivity index (χ4v) is 2.44. The summed E-state index contributed by atoms with van der Waals surface area (Å²) in [5.74, 6) is -0.689. The number of aromatic hydroxyl groups is 1. The van der Waals surface area contributed by atoms with Crippen molar-refractivity contribution in [2.24, 2.45) is 5.73 Å². The van der Waals surface area contributed by atoms with Gasteiger partial charge in [-0.3, -0.25) is 5.73 Å². The predicted molar refractivity (Wildman–Crippen MR) is 68.4 cm³/mol. The highest BCUT2D eigenvalue weighted by Crippen LogP contribution is 2.41. The summed E-state index contributed by atoms with van der Waals surface area (Å²) in [5, 5.41) is 9.75. The SMILES string of the molecule is CCCCC1(N)OC(=O)c2c(O)cccc2C1C. The van der Waals surface area contributed by atoms with Gasteiger partial charge >= 0.3 is 5.97 Å². The van der Waals surface area contributed by atoms with Gasteiger partial charge in [-0.1, -0.05) is 32.4 Å². The van der Waals surface area contributed by atoms with E-state index in [-0.39, 0.29) is 17.2 Å². The first-order valence-electron chi connectivity index (χ1n) is 6.33. The summed E-state index contributed by atoms with van der Waals surface area (Å²) in [5.41, 5.74) is 6.28. The maximum absolute atomic E-state index is 12.0. The molecule has 0 saturated carbocycles. The fraction of sp³-hybridized carbons (Fsp3) is 0.500. The molecular formula is C14H19NO3. The van der Waals surface area contributed by atoms with Crippen LogP contribution in [0.25, 0.3) is 0 Å². The predicted octanol–water partition coefficient (Wildman–Crippen LogP) is 2.51. The number of carbonyl (C=O) groups is 1. The average Bonchev–Trinajstić information content (AvgIpc) is 2.33. The number of nitrogens with two attached hydrogens (primary N) is 1. The molecule has 4 heteroatoms. The lowest BCUT2D eigenvalue weighted by Crippen LogP contribution is -2.51. The summed E-state index contributed by atoms with van der Waals surface area (Å²) < 4.78 is 5.37. The van der Waals surface area contributed by atoms with E-state index >= 15 is 0 Å². The van der Waals surface area contributed by atoms with Crippen LogP contribution in [0.5, 0.6) is 5.75 Å². The number of carbonyl (C=O) groups excluding carboxylic acids is 1. The minimum Gasteiger partial charge on any atom is -0.507 e. The zero-order valence-electron chi connectivity index (χ0n) is 10.8. The minimum absolute atomic E-state index is 0.0399. The Balaban J connectivity index is 2.42. The molecule has 1 aromatic carbocycles. The van der Waals surface area contributed by atoms with E-state index in [0.29, 0.717) is 6.42 Å². The van der Waals surface area contributed by atoms with E-state index < -0.39 is 11.7 Å². The average molecular weight is 249 g/mol. The van der Waals surface area contributed by atoms with Crippen LogP contribution in [0.2, 0.25) is 0 Å². The monoisotopic (exact) mass is 249 g/mol. The Bertz CT molecular complexity index is 472. The second kappa shape index (κ2) is 4.61. The number of hydrogen-bond acceptors (Lipinski definition) is 4. The van der Waals surface area contributed by atoms with E-state index in [1.165, 1.54) is 6.07 Å². The Labute approximate surface area is 107 Å². The van der Waals surface area contributed by atoms with Crippen molar-refractivity contribution in [1.29, 1.82) is 0 Å². The molecule has 1 aliphatic rings. The smallest absolute Gasteiger partial charge is 0.343 e. The van der Waals surface area contributed by atoms with Gasteiger partial charge in [0.2, 0.25) is 0 Å². The van der Waals surface area contributed by atoms with Gasteiger partial charge < -0.3 is 9.84 Å². The zero-order chi connectivity index (χ0) is 13.3. The van der Waals surface area contributed by atoms with Crippen molar-refractivity contribution < 1.29 is 14.6 Å². The Morgan fingerprint density at radius 1 is 1.50 bits per heavy atom. The third-order valence-corrected chi connectivity index (χ3v) is 3.68. The van der Waals surface area contributed by atoms with Crippen LogP contribution in [0, 0.1) is 0 Å². The van der Waals surface area contributed by atoms with Crippen LogP contribution in [-0.4, -0.2) is 16.8 Å². The molecule has 0 saturated heterocycles. The quantitative estimate of drug-likeness (QED) is 0.807. The third kappa shape index (κ3) is 1.97. The molecule has 1 heterocycles. The van der Waals surface area contributed by atoms with Crippen LogP contribution in [0.1, 0.15) is 54.9 Å². The van der Waals surface area contributed by atoms with Crippen molar-refractivity contribution >= 4 is 5.97 Å². The summed E-state index contributed by atoms with van der Waals surface area (Å²) in [7, 11) is 0. The molecule has 0 aliphatic carbocycles. The van der Waals surface area contributed by atoms with Gasteiger partial charge in [-0.2, -0.15) is 0 Å². The minimum atomic E-state index is -0.964. The maximum Gasteiger partial charge on any atom is 0.343 e. The molecule has 0 aromatic heterocycles. The molecule has 98 valence electrons. The Hall–Kier alpha value is -1.55. The summed E-state index contributed by atoms with van der Waals surface area (Å²) in [6.45, 7) is 4.00. The molecule has 0 fully saturated rings. The molecule has 1 aromatic rings. The number of hydrogen-bond donors (Lipinski definition) is 2. The molecule has 1 aliphatic heterocycles. The normalized spacial score (nSPS) is 26.6. The number of esters is 1. The van der Waals surface area contributed by atoms with Crippen molar-refractivity contribution in [2.45, 2.75) is 44.8 Å². The summed E-state index contributed by atoms with van der Waals surface area (Å²) in [4.78, 5) is 12.0. The second-order valence-electron chi connectivity index (χ2n) is 4.91. The van der Waals surface area contributed by atoms with Crippen LogP contribution in [0.4, 0.5) is 0 Å². The lowest BCUT2D eigenvalue weighted by molar-refractivity contribution is -0.0407. The number of ether oxygens (including phenoxy) is 1. The highest BCUT2D eigenvalue weighted by atomic mass is 16.6. The Kier molecular flexibility index (Phi) is 3.30. The van der Waals surface area contributed by atoms with Gasteiger partial charge in [0.15, 0.2) is 5.72 Å². The van der Waals surface area contributed by atoms with Gasteiger partial charge in [0, 0.05) is 12.3 Å². The lowest BCUT2D eigenvalue weighted by atomic mass is 9.82. The first-order valence-corrected chi connectivity index (χ1v) is 6.33. The molecular weight excluding hydrogens is 230 g/mol. The molecule has 0 spiro atoms. The highest BCUT2D eigenvalue weighted by Gasteiger charge is 2.43. The first kappa shape index (κ1) is 12.9. The number of phenolic OH excluding ortho intramolecular Hbond substituents is 1. The molecule has 18 heavy (non-hydrogen) atoms. The number of phenols is 1. The zero-order valence-corrected chi connectivity index (χ0v) is 10.8.